The molecule has 4 atom stereocenters. The molecule has 2 N–H and O–H groups in total. The van der Waals surface area contributed by atoms with Crippen molar-refractivity contribution in [2.24, 2.45) is 0 Å². The van der Waals surface area contributed by atoms with E-state index in [0.717, 1.165) is 23.2 Å². The first kappa shape index (κ1) is 26.6. The van der Waals surface area contributed by atoms with E-state index in [2.05, 4.69) is 16.8 Å². The topological polar surface area (TPSA) is 97.3 Å². The number of hydrogen-bond donors (Lipinski definition) is 2. The van der Waals surface area contributed by atoms with Crippen molar-refractivity contribution in [1.82, 2.24) is 4.90 Å². The summed E-state index contributed by atoms with van der Waals surface area (Å²) in [5.41, 5.74) is 3.15. The molecular weight excluding hydrogens is 448 g/mol. The van der Waals surface area contributed by atoms with Crippen LogP contribution in [0.5, 0.6) is 0 Å². The second kappa shape index (κ2) is 12.6. The third-order valence-electron chi connectivity index (χ3n) is 5.71. The molecule has 8 heteroatoms. The largest absolute Gasteiger partial charge is 0.453 e. The van der Waals surface area contributed by atoms with E-state index in [-0.39, 0.29) is 18.8 Å². The molecule has 1 amide bonds. The molecule has 1 aliphatic heterocycles. The lowest BCUT2D eigenvalue weighted by Crippen LogP contribution is -2.37. The minimum absolute atomic E-state index is 0.0128. The first-order valence-corrected chi connectivity index (χ1v) is 11.7. The SMILES string of the molecule is C=CCN(C)C[C@@H]1C[C@H](c2ccc(CO)cc2)O[C@H](c2cccc(NC(=O)[C@H](C)OC(C)=O)c2)O1. The molecule has 3 rings (SSSR count). The standard InChI is InChI=1S/C27H34N2O6/c1-5-13-29(4)16-24-15-25(21-11-9-20(17-30)10-12-21)35-27(34-24)22-7-6-8-23(14-22)28-26(32)18(2)33-19(3)31/h5-12,14,18,24-25,27,30H,1,13,15-17H2,2-4H3,(H,28,32)/t18-,24-,25+,27+/m0/s1. The lowest BCUT2D eigenvalue weighted by atomic mass is 9.99. The molecule has 188 valence electrons. The van der Waals surface area contributed by atoms with E-state index in [1.165, 1.54) is 13.8 Å². The van der Waals surface area contributed by atoms with Crippen LogP contribution in [0, 0.1) is 0 Å². The molecular formula is C27H34N2O6. The predicted octanol–water partition coefficient (Wildman–Crippen LogP) is 3.73. The van der Waals surface area contributed by atoms with Crippen molar-refractivity contribution in [3.8, 4) is 0 Å². The lowest BCUT2D eigenvalue weighted by Gasteiger charge is -2.37. The van der Waals surface area contributed by atoms with Crippen molar-refractivity contribution in [2.45, 2.75) is 51.5 Å². The maximum atomic E-state index is 12.4. The van der Waals surface area contributed by atoms with Gasteiger partial charge in [0, 0.05) is 37.7 Å². The zero-order valence-corrected chi connectivity index (χ0v) is 20.5. The van der Waals surface area contributed by atoms with Crippen LogP contribution >= 0.6 is 0 Å². The fourth-order valence-corrected chi connectivity index (χ4v) is 3.98. The summed E-state index contributed by atoms with van der Waals surface area (Å²) in [5.74, 6) is -0.940. The smallest absolute Gasteiger partial charge is 0.303 e. The number of aliphatic hydroxyl groups is 1. The molecule has 2 aromatic carbocycles. The van der Waals surface area contributed by atoms with E-state index in [0.29, 0.717) is 18.7 Å². The minimum atomic E-state index is -0.908. The van der Waals surface area contributed by atoms with Gasteiger partial charge in [0.25, 0.3) is 5.91 Å². The Balaban J connectivity index is 1.80. The van der Waals surface area contributed by atoms with Crippen LogP contribution in [0.3, 0.4) is 0 Å². The molecule has 0 spiro atoms. The van der Waals surface area contributed by atoms with E-state index < -0.39 is 24.3 Å². The maximum Gasteiger partial charge on any atom is 0.303 e. The van der Waals surface area contributed by atoms with E-state index >= 15 is 0 Å². The second-order valence-electron chi connectivity index (χ2n) is 8.73. The second-order valence-corrected chi connectivity index (χ2v) is 8.73. The number of rotatable bonds is 10. The Morgan fingerprint density at radius 1 is 1.23 bits per heavy atom. The van der Waals surface area contributed by atoms with Crippen LogP contribution in [0.25, 0.3) is 0 Å². The van der Waals surface area contributed by atoms with Crippen LogP contribution in [0.4, 0.5) is 5.69 Å². The van der Waals surface area contributed by atoms with Gasteiger partial charge in [-0.2, -0.15) is 0 Å². The van der Waals surface area contributed by atoms with Crippen molar-refractivity contribution >= 4 is 17.6 Å². The monoisotopic (exact) mass is 482 g/mol. The van der Waals surface area contributed by atoms with Crippen LogP contribution in [0.15, 0.2) is 61.2 Å². The summed E-state index contributed by atoms with van der Waals surface area (Å²) in [4.78, 5) is 25.7. The molecule has 0 saturated carbocycles. The van der Waals surface area contributed by atoms with Crippen LogP contribution in [0.1, 0.15) is 49.4 Å². The molecule has 0 unspecified atom stereocenters. The first-order valence-electron chi connectivity index (χ1n) is 11.7. The lowest BCUT2D eigenvalue weighted by molar-refractivity contribution is -0.252. The number of aliphatic hydroxyl groups excluding tert-OH is 1. The minimum Gasteiger partial charge on any atom is -0.453 e. The Labute approximate surface area is 206 Å². The summed E-state index contributed by atoms with van der Waals surface area (Å²) < 4.78 is 17.6. The highest BCUT2D eigenvalue weighted by molar-refractivity contribution is 5.95. The molecule has 35 heavy (non-hydrogen) atoms. The first-order chi connectivity index (χ1) is 16.8. The Bertz CT molecular complexity index is 1010. The van der Waals surface area contributed by atoms with Gasteiger partial charge in [0.15, 0.2) is 12.4 Å². The number of esters is 1. The number of benzene rings is 2. The average molecular weight is 483 g/mol. The summed E-state index contributed by atoms with van der Waals surface area (Å²) in [7, 11) is 2.01. The molecule has 1 fully saturated rings. The molecule has 1 heterocycles. The van der Waals surface area contributed by atoms with Gasteiger partial charge >= 0.3 is 5.97 Å². The van der Waals surface area contributed by atoms with Gasteiger partial charge in [-0.25, -0.2) is 0 Å². The number of nitrogens with zero attached hydrogens (tertiary/aromatic N) is 1. The third kappa shape index (κ3) is 7.73. The number of amides is 1. The van der Waals surface area contributed by atoms with Gasteiger partial charge in [-0.05, 0) is 37.2 Å². The van der Waals surface area contributed by atoms with Crippen molar-refractivity contribution < 1.29 is 28.9 Å². The third-order valence-corrected chi connectivity index (χ3v) is 5.71. The molecule has 8 nitrogen and oxygen atoms in total. The van der Waals surface area contributed by atoms with E-state index in [1.54, 1.807) is 12.1 Å². The number of anilines is 1. The van der Waals surface area contributed by atoms with Gasteiger partial charge in [0.05, 0.1) is 18.8 Å². The molecule has 0 bridgehead atoms. The molecule has 2 aromatic rings. The molecule has 1 aliphatic rings. The maximum absolute atomic E-state index is 12.4. The van der Waals surface area contributed by atoms with Gasteiger partial charge in [-0.3, -0.25) is 9.59 Å². The van der Waals surface area contributed by atoms with Crippen LogP contribution in [-0.2, 0) is 30.4 Å². The Kier molecular flexibility index (Phi) is 9.56. The fraction of sp³-hybridized carbons (Fsp3) is 0.407. The zero-order valence-electron chi connectivity index (χ0n) is 20.5. The molecule has 0 aliphatic carbocycles. The summed E-state index contributed by atoms with van der Waals surface area (Å²) >= 11 is 0. The van der Waals surface area contributed by atoms with Gasteiger partial charge < -0.3 is 29.5 Å². The van der Waals surface area contributed by atoms with E-state index in [1.807, 2.05) is 49.5 Å². The van der Waals surface area contributed by atoms with Crippen LogP contribution < -0.4 is 5.32 Å². The summed E-state index contributed by atoms with van der Waals surface area (Å²) in [6.07, 6.45) is 0.678. The summed E-state index contributed by atoms with van der Waals surface area (Å²) in [5, 5.41) is 12.1. The highest BCUT2D eigenvalue weighted by Crippen LogP contribution is 2.38. The number of ether oxygens (including phenoxy) is 3. The Morgan fingerprint density at radius 3 is 2.63 bits per heavy atom. The Hall–Kier alpha value is -3.04. The van der Waals surface area contributed by atoms with Crippen LogP contribution in [0.2, 0.25) is 0 Å². The quantitative estimate of drug-likeness (QED) is 0.393. The highest BCUT2D eigenvalue weighted by Gasteiger charge is 2.33. The van der Waals surface area contributed by atoms with Crippen LogP contribution in [-0.4, -0.2) is 54.2 Å². The van der Waals surface area contributed by atoms with E-state index in [9.17, 15) is 14.7 Å². The highest BCUT2D eigenvalue weighted by atomic mass is 16.7. The van der Waals surface area contributed by atoms with Crippen molar-refractivity contribution in [1.29, 1.82) is 0 Å². The van der Waals surface area contributed by atoms with Gasteiger partial charge in [-0.15, -0.1) is 6.58 Å². The normalized spacial score (nSPS) is 20.8. The number of nitrogens with one attached hydrogen (secondary N) is 1. The number of hydrogen-bond acceptors (Lipinski definition) is 7. The van der Waals surface area contributed by atoms with Gasteiger partial charge in [-0.1, -0.05) is 42.5 Å². The Morgan fingerprint density at radius 2 is 1.97 bits per heavy atom. The van der Waals surface area contributed by atoms with Crippen molar-refractivity contribution in [3.05, 3.63) is 77.9 Å². The molecule has 0 radical (unpaired) electrons. The molecule has 1 saturated heterocycles. The van der Waals surface area contributed by atoms with Crippen molar-refractivity contribution in [2.75, 3.05) is 25.5 Å². The fourth-order valence-electron chi connectivity index (χ4n) is 3.98. The van der Waals surface area contributed by atoms with Gasteiger partial charge in [0.2, 0.25) is 0 Å². The zero-order chi connectivity index (χ0) is 25.4. The number of carbonyl (C=O) groups excluding carboxylic acids is 2. The summed E-state index contributed by atoms with van der Waals surface area (Å²) in [6, 6.07) is 15.0. The predicted molar refractivity (Wildman–Crippen MR) is 132 cm³/mol. The summed E-state index contributed by atoms with van der Waals surface area (Å²) in [6.45, 7) is 8.02. The van der Waals surface area contributed by atoms with E-state index in [4.69, 9.17) is 14.2 Å². The van der Waals surface area contributed by atoms with Gasteiger partial charge in [0.1, 0.15) is 0 Å². The molecule has 0 aromatic heterocycles. The van der Waals surface area contributed by atoms with Crippen molar-refractivity contribution in [3.63, 3.8) is 0 Å². The number of carbonyl (C=O) groups is 2. The average Bonchev–Trinajstić information content (AvgIpc) is 2.83. The number of likely N-dealkylation sites (N-methyl/N-ethyl adjacent to an activating group) is 1.